The molecule has 1 aromatic carbocycles. The van der Waals surface area contributed by atoms with Gasteiger partial charge in [-0.15, -0.1) is 0 Å². The van der Waals surface area contributed by atoms with E-state index in [2.05, 4.69) is 5.32 Å². The van der Waals surface area contributed by atoms with Crippen LogP contribution in [0.1, 0.15) is 33.3 Å². The van der Waals surface area contributed by atoms with E-state index in [4.69, 9.17) is 0 Å². The lowest BCUT2D eigenvalue weighted by molar-refractivity contribution is -0.156. The van der Waals surface area contributed by atoms with Gasteiger partial charge < -0.3 is 15.2 Å². The van der Waals surface area contributed by atoms with E-state index in [0.717, 1.165) is 12.3 Å². The third-order valence-electron chi connectivity index (χ3n) is 3.96. The number of Topliss-reactive ketones (excluding diaryl/α,β-unsaturated/α-hetero) is 1. The van der Waals surface area contributed by atoms with Crippen molar-refractivity contribution >= 4 is 23.3 Å². The summed E-state index contributed by atoms with van der Waals surface area (Å²) >= 11 is 0. The highest BCUT2D eigenvalue weighted by atomic mass is 19.4. The maximum absolute atomic E-state index is 13.3. The zero-order chi connectivity index (χ0) is 21.2. The summed E-state index contributed by atoms with van der Waals surface area (Å²) in [5, 5.41) is 4.08. The van der Waals surface area contributed by atoms with Crippen LogP contribution < -0.4 is 10.6 Å². The Morgan fingerprint density at radius 3 is 2.36 bits per heavy atom. The molecule has 2 aromatic rings. The molecular formula is C18H17F4N3O3. The lowest BCUT2D eigenvalue weighted by Crippen LogP contribution is -2.45. The second-order valence-corrected chi connectivity index (χ2v) is 6.21. The average Bonchev–Trinajstić information content (AvgIpc) is 2.98. The van der Waals surface area contributed by atoms with Crippen molar-refractivity contribution in [3.8, 4) is 0 Å². The first-order valence-electron chi connectivity index (χ1n) is 8.06. The Kier molecular flexibility index (Phi) is 5.91. The van der Waals surface area contributed by atoms with Crippen LogP contribution in [0.25, 0.3) is 0 Å². The van der Waals surface area contributed by atoms with Gasteiger partial charge in [0, 0.05) is 24.5 Å². The molecule has 0 aliphatic heterocycles. The van der Waals surface area contributed by atoms with Crippen LogP contribution in [0.3, 0.4) is 0 Å². The fourth-order valence-electron chi connectivity index (χ4n) is 2.31. The van der Waals surface area contributed by atoms with Crippen LogP contribution in [-0.2, 0) is 11.8 Å². The molecule has 0 unspecified atom stereocenters. The molecule has 0 aliphatic rings. The number of hydrogen-bond donors (Lipinski definition) is 2. The fraction of sp³-hybridized carbons (Fsp3) is 0.278. The second-order valence-electron chi connectivity index (χ2n) is 6.21. The van der Waals surface area contributed by atoms with Gasteiger partial charge >= 0.3 is 6.18 Å². The number of anilines is 1. The van der Waals surface area contributed by atoms with E-state index in [0.29, 0.717) is 18.2 Å². The average molecular weight is 399 g/mol. The van der Waals surface area contributed by atoms with Crippen LogP contribution in [-0.4, -0.2) is 34.4 Å². The largest absolute Gasteiger partial charge is 0.408 e. The van der Waals surface area contributed by atoms with E-state index < -0.39 is 35.6 Å². The molecule has 0 fully saturated rings. The summed E-state index contributed by atoms with van der Waals surface area (Å²) < 4.78 is 52.1. The summed E-state index contributed by atoms with van der Waals surface area (Å²) in [5.74, 6) is -3.72. The highest BCUT2D eigenvalue weighted by Crippen LogP contribution is 2.20. The number of hydrogen-bond acceptors (Lipinski definition) is 3. The van der Waals surface area contributed by atoms with Gasteiger partial charge in [0.25, 0.3) is 17.6 Å². The smallest absolute Gasteiger partial charge is 0.346 e. The number of aryl methyl sites for hydroxylation is 2. The zero-order valence-corrected chi connectivity index (χ0v) is 15.1. The minimum absolute atomic E-state index is 0.0120. The van der Waals surface area contributed by atoms with Crippen molar-refractivity contribution in [1.82, 2.24) is 9.88 Å². The topological polar surface area (TPSA) is 80.2 Å². The summed E-state index contributed by atoms with van der Waals surface area (Å²) in [6, 6.07) is 2.83. The van der Waals surface area contributed by atoms with Crippen molar-refractivity contribution in [2.24, 2.45) is 7.05 Å². The number of halogens is 4. The van der Waals surface area contributed by atoms with E-state index in [1.54, 1.807) is 5.32 Å². The van der Waals surface area contributed by atoms with Gasteiger partial charge in [-0.05, 0) is 43.7 Å². The molecule has 0 saturated heterocycles. The van der Waals surface area contributed by atoms with Crippen molar-refractivity contribution in [3.05, 3.63) is 53.1 Å². The predicted molar refractivity (Wildman–Crippen MR) is 92.5 cm³/mol. The Bertz CT molecular complexity index is 935. The number of carbonyl (C=O) groups excluding carboxylic acids is 3. The van der Waals surface area contributed by atoms with Gasteiger partial charge in [0.15, 0.2) is 0 Å². The van der Waals surface area contributed by atoms with Crippen molar-refractivity contribution in [2.75, 3.05) is 5.32 Å². The van der Waals surface area contributed by atoms with Crippen molar-refractivity contribution in [1.29, 1.82) is 0 Å². The fourth-order valence-corrected chi connectivity index (χ4v) is 2.31. The maximum Gasteiger partial charge on any atom is 0.408 e. The lowest BCUT2D eigenvalue weighted by atomic mass is 10.2. The van der Waals surface area contributed by atoms with Gasteiger partial charge in [0.1, 0.15) is 17.6 Å². The van der Waals surface area contributed by atoms with E-state index in [-0.39, 0.29) is 11.3 Å². The number of alkyl halides is 3. The highest BCUT2D eigenvalue weighted by Gasteiger charge is 2.38. The monoisotopic (exact) mass is 399 g/mol. The molecule has 1 aromatic heterocycles. The minimum atomic E-state index is -4.69. The van der Waals surface area contributed by atoms with Gasteiger partial charge in [-0.2, -0.15) is 13.2 Å². The molecule has 1 heterocycles. The number of nitrogens with one attached hydrogen (secondary N) is 2. The van der Waals surface area contributed by atoms with Gasteiger partial charge in [-0.25, -0.2) is 4.39 Å². The number of ketones is 1. The molecule has 2 rings (SSSR count). The summed E-state index contributed by atoms with van der Waals surface area (Å²) in [4.78, 5) is 36.2. The third kappa shape index (κ3) is 4.76. The molecule has 0 aliphatic carbocycles. The maximum atomic E-state index is 13.3. The van der Waals surface area contributed by atoms with Gasteiger partial charge in [0.05, 0.1) is 0 Å². The van der Waals surface area contributed by atoms with Crippen molar-refractivity contribution in [3.63, 3.8) is 0 Å². The number of carbonyl (C=O) groups is 3. The molecule has 150 valence electrons. The lowest BCUT2D eigenvalue weighted by Gasteiger charge is -2.16. The molecule has 10 heteroatoms. The van der Waals surface area contributed by atoms with Gasteiger partial charge in [-0.1, -0.05) is 0 Å². The molecule has 2 amide bonds. The molecule has 28 heavy (non-hydrogen) atoms. The summed E-state index contributed by atoms with van der Waals surface area (Å²) in [6.45, 7) is 2.23. The van der Waals surface area contributed by atoms with Crippen LogP contribution in [0.5, 0.6) is 0 Å². The quantitative estimate of drug-likeness (QED) is 0.461. The Balaban J connectivity index is 2.15. The van der Waals surface area contributed by atoms with Crippen LogP contribution in [0, 0.1) is 12.7 Å². The van der Waals surface area contributed by atoms with E-state index in [1.807, 2.05) is 0 Å². The van der Waals surface area contributed by atoms with Crippen molar-refractivity contribution < 1.29 is 31.9 Å². The number of rotatable bonds is 5. The van der Waals surface area contributed by atoms with Gasteiger partial charge in [0.2, 0.25) is 0 Å². The van der Waals surface area contributed by atoms with Crippen LogP contribution in [0.2, 0.25) is 0 Å². The SMILES string of the molecule is Cc1cc(NC(=O)c2cc(C(=O)C(=O)N[C@H](C)C(F)(F)F)cn2C)ccc1F. The molecule has 0 saturated carbocycles. The first kappa shape index (κ1) is 21.1. The van der Waals surface area contributed by atoms with E-state index >= 15 is 0 Å². The van der Waals surface area contributed by atoms with E-state index in [9.17, 15) is 31.9 Å². The number of aromatic nitrogens is 1. The van der Waals surface area contributed by atoms with Crippen LogP contribution in [0.4, 0.5) is 23.2 Å². The Morgan fingerprint density at radius 1 is 1.14 bits per heavy atom. The Hall–Kier alpha value is -3.17. The third-order valence-corrected chi connectivity index (χ3v) is 3.96. The predicted octanol–water partition coefficient (Wildman–Crippen LogP) is 2.97. The second kappa shape index (κ2) is 7.83. The van der Waals surface area contributed by atoms with Crippen molar-refractivity contribution in [2.45, 2.75) is 26.1 Å². The summed E-state index contributed by atoms with van der Waals surface area (Å²) in [5.41, 5.74) is 0.377. The molecule has 1 atom stereocenters. The number of amides is 2. The first-order chi connectivity index (χ1) is 12.9. The van der Waals surface area contributed by atoms with E-state index in [1.165, 1.54) is 36.7 Å². The van der Waals surface area contributed by atoms with Crippen LogP contribution in [0.15, 0.2) is 30.5 Å². The molecule has 0 radical (unpaired) electrons. The standard InChI is InChI=1S/C18H17F4N3O3/c1-9-6-12(4-5-13(9)19)24-16(27)14-7-11(8-25(14)3)15(26)17(28)23-10(2)18(20,21)22/h4-8,10H,1-3H3,(H,23,28)(H,24,27)/t10-/m1/s1. The highest BCUT2D eigenvalue weighted by molar-refractivity contribution is 6.43. The minimum Gasteiger partial charge on any atom is -0.346 e. The Morgan fingerprint density at radius 2 is 1.79 bits per heavy atom. The number of benzene rings is 1. The summed E-state index contributed by atoms with van der Waals surface area (Å²) in [6.07, 6.45) is -3.53. The normalized spacial score (nSPS) is 12.4. The molecule has 0 bridgehead atoms. The molecule has 0 spiro atoms. The van der Waals surface area contributed by atoms with Gasteiger partial charge in [-0.3, -0.25) is 14.4 Å². The number of nitrogens with zero attached hydrogens (tertiary/aromatic N) is 1. The zero-order valence-electron chi connectivity index (χ0n) is 15.1. The molecular weight excluding hydrogens is 382 g/mol. The van der Waals surface area contributed by atoms with Crippen LogP contribution >= 0.6 is 0 Å². The molecule has 6 nitrogen and oxygen atoms in total. The molecule has 2 N–H and O–H groups in total. The first-order valence-corrected chi connectivity index (χ1v) is 8.06. The summed E-state index contributed by atoms with van der Waals surface area (Å²) in [7, 11) is 1.43. The Labute approximate surface area is 157 Å².